The highest BCUT2D eigenvalue weighted by atomic mass is 16.3. The number of carbonyl (C=O) groups excluding carboxylic acids is 1. The third-order valence-electron chi connectivity index (χ3n) is 2.68. The fourth-order valence-electron chi connectivity index (χ4n) is 1.73. The second-order valence-electron chi connectivity index (χ2n) is 4.24. The molecule has 0 bridgehead atoms. The van der Waals surface area contributed by atoms with Crippen molar-refractivity contribution >= 4 is 17.3 Å². The van der Waals surface area contributed by atoms with E-state index in [1.54, 1.807) is 12.1 Å². The van der Waals surface area contributed by atoms with Gasteiger partial charge in [0.15, 0.2) is 0 Å². The fraction of sp³-hybridized carbons (Fsp3) is 0.133. The highest BCUT2D eigenvalue weighted by Crippen LogP contribution is 2.18. The molecule has 98 valence electrons. The van der Waals surface area contributed by atoms with Crippen molar-refractivity contribution in [2.45, 2.75) is 13.5 Å². The summed E-state index contributed by atoms with van der Waals surface area (Å²) in [6.07, 6.45) is 0. The number of benzene rings is 2. The van der Waals surface area contributed by atoms with Crippen molar-refractivity contribution in [3.05, 3.63) is 54.1 Å². The van der Waals surface area contributed by atoms with Crippen LogP contribution >= 0.6 is 0 Å². The topological polar surface area (TPSA) is 61.4 Å². The quantitative estimate of drug-likeness (QED) is 0.788. The van der Waals surface area contributed by atoms with E-state index in [-0.39, 0.29) is 11.7 Å². The van der Waals surface area contributed by atoms with Gasteiger partial charge in [-0.3, -0.25) is 4.79 Å². The number of nitrogens with one attached hydrogen (secondary N) is 2. The van der Waals surface area contributed by atoms with Crippen molar-refractivity contribution in [3.8, 4) is 5.75 Å². The molecule has 0 aliphatic carbocycles. The molecule has 2 rings (SSSR count). The summed E-state index contributed by atoms with van der Waals surface area (Å²) in [5.41, 5.74) is 2.53. The van der Waals surface area contributed by atoms with Gasteiger partial charge in [0.05, 0.1) is 0 Å². The predicted octanol–water partition coefficient (Wildman–Crippen LogP) is 2.96. The van der Waals surface area contributed by atoms with Gasteiger partial charge in [-0.15, -0.1) is 0 Å². The van der Waals surface area contributed by atoms with Crippen molar-refractivity contribution in [2.75, 3.05) is 10.6 Å². The van der Waals surface area contributed by atoms with Crippen molar-refractivity contribution in [1.29, 1.82) is 0 Å². The van der Waals surface area contributed by atoms with E-state index < -0.39 is 0 Å². The zero-order valence-corrected chi connectivity index (χ0v) is 10.7. The van der Waals surface area contributed by atoms with Crippen LogP contribution in [0.5, 0.6) is 5.75 Å². The number of aromatic hydroxyl groups is 1. The molecule has 4 nitrogen and oxygen atoms in total. The third kappa shape index (κ3) is 3.74. The molecule has 0 aromatic heterocycles. The van der Waals surface area contributed by atoms with Gasteiger partial charge in [-0.1, -0.05) is 18.2 Å². The molecule has 0 saturated carbocycles. The molecular weight excluding hydrogens is 240 g/mol. The Bertz CT molecular complexity index is 565. The second-order valence-corrected chi connectivity index (χ2v) is 4.24. The highest BCUT2D eigenvalue weighted by molar-refractivity contribution is 5.88. The first-order valence-corrected chi connectivity index (χ1v) is 6.03. The molecule has 0 aliphatic heterocycles. The highest BCUT2D eigenvalue weighted by Gasteiger charge is 2.00. The standard InChI is InChI=1S/C15H16N2O2/c1-11(18)17-14-8-6-13(7-9-14)16-10-12-4-2-3-5-15(12)19/h2-9,16,19H,10H2,1H3,(H,17,18). The summed E-state index contributed by atoms with van der Waals surface area (Å²) in [5, 5.41) is 15.6. The van der Waals surface area contributed by atoms with E-state index in [1.807, 2.05) is 36.4 Å². The number of hydrogen-bond donors (Lipinski definition) is 3. The van der Waals surface area contributed by atoms with Crippen LogP contribution in [0.15, 0.2) is 48.5 Å². The molecule has 0 spiro atoms. The van der Waals surface area contributed by atoms with E-state index in [1.165, 1.54) is 6.92 Å². The number of carbonyl (C=O) groups is 1. The molecule has 19 heavy (non-hydrogen) atoms. The number of hydrogen-bond acceptors (Lipinski definition) is 3. The fourth-order valence-corrected chi connectivity index (χ4v) is 1.73. The lowest BCUT2D eigenvalue weighted by Crippen LogP contribution is -2.05. The van der Waals surface area contributed by atoms with Crippen LogP contribution in [-0.4, -0.2) is 11.0 Å². The molecule has 2 aromatic carbocycles. The second kappa shape index (κ2) is 5.91. The van der Waals surface area contributed by atoms with Gasteiger partial charge in [0.25, 0.3) is 0 Å². The van der Waals surface area contributed by atoms with E-state index in [2.05, 4.69) is 10.6 Å². The number of phenols is 1. The monoisotopic (exact) mass is 256 g/mol. The number of rotatable bonds is 4. The molecule has 0 heterocycles. The molecule has 0 atom stereocenters. The van der Waals surface area contributed by atoms with Gasteiger partial charge in [-0.25, -0.2) is 0 Å². The van der Waals surface area contributed by atoms with E-state index in [9.17, 15) is 9.90 Å². The van der Waals surface area contributed by atoms with Crippen LogP contribution in [0.3, 0.4) is 0 Å². The van der Waals surface area contributed by atoms with Gasteiger partial charge in [0.2, 0.25) is 5.91 Å². The molecule has 4 heteroatoms. The Kier molecular flexibility index (Phi) is 4.03. The van der Waals surface area contributed by atoms with Gasteiger partial charge < -0.3 is 15.7 Å². The normalized spacial score (nSPS) is 9.95. The summed E-state index contributed by atoms with van der Waals surface area (Å²) in [7, 11) is 0. The third-order valence-corrected chi connectivity index (χ3v) is 2.68. The first kappa shape index (κ1) is 13.0. The first-order chi connectivity index (χ1) is 9.15. The molecule has 0 radical (unpaired) electrons. The molecule has 0 aliphatic rings. The number of anilines is 2. The van der Waals surface area contributed by atoms with Crippen LogP contribution in [0.2, 0.25) is 0 Å². The zero-order chi connectivity index (χ0) is 13.7. The lowest BCUT2D eigenvalue weighted by molar-refractivity contribution is -0.114. The number of phenolic OH excluding ortho intramolecular Hbond substituents is 1. The molecule has 1 amide bonds. The van der Waals surface area contributed by atoms with Crippen LogP contribution < -0.4 is 10.6 Å². The lowest BCUT2D eigenvalue weighted by atomic mass is 10.2. The molecule has 0 unspecified atom stereocenters. The van der Waals surface area contributed by atoms with Crippen molar-refractivity contribution in [2.24, 2.45) is 0 Å². The summed E-state index contributed by atoms with van der Waals surface area (Å²) in [5.74, 6) is 0.194. The van der Waals surface area contributed by atoms with Crippen molar-refractivity contribution < 1.29 is 9.90 Å². The number of para-hydroxylation sites is 1. The van der Waals surface area contributed by atoms with Crippen molar-refractivity contribution in [1.82, 2.24) is 0 Å². The minimum Gasteiger partial charge on any atom is -0.508 e. The Labute approximate surface area is 112 Å². The van der Waals surface area contributed by atoms with Gasteiger partial charge >= 0.3 is 0 Å². The smallest absolute Gasteiger partial charge is 0.221 e. The van der Waals surface area contributed by atoms with Gasteiger partial charge in [0, 0.05) is 30.4 Å². The molecule has 0 saturated heterocycles. The summed E-state index contributed by atoms with van der Waals surface area (Å²) < 4.78 is 0. The predicted molar refractivity (Wildman–Crippen MR) is 76.2 cm³/mol. The van der Waals surface area contributed by atoms with Crippen molar-refractivity contribution in [3.63, 3.8) is 0 Å². The first-order valence-electron chi connectivity index (χ1n) is 6.03. The Morgan fingerprint density at radius 2 is 1.68 bits per heavy atom. The van der Waals surface area contributed by atoms with Crippen LogP contribution in [-0.2, 0) is 11.3 Å². The van der Waals surface area contributed by atoms with Crippen LogP contribution in [0.1, 0.15) is 12.5 Å². The average molecular weight is 256 g/mol. The summed E-state index contributed by atoms with van der Waals surface area (Å²) >= 11 is 0. The maximum Gasteiger partial charge on any atom is 0.221 e. The SMILES string of the molecule is CC(=O)Nc1ccc(NCc2ccccc2O)cc1. The van der Waals surface area contributed by atoms with E-state index in [0.29, 0.717) is 6.54 Å². The molecule has 3 N–H and O–H groups in total. The Morgan fingerprint density at radius 1 is 1.05 bits per heavy atom. The van der Waals surface area contributed by atoms with Crippen LogP contribution in [0, 0.1) is 0 Å². The van der Waals surface area contributed by atoms with Gasteiger partial charge in [0.1, 0.15) is 5.75 Å². The summed E-state index contributed by atoms with van der Waals surface area (Å²) in [4.78, 5) is 10.9. The average Bonchev–Trinajstić information content (AvgIpc) is 2.39. The summed E-state index contributed by atoms with van der Waals surface area (Å²) in [6, 6.07) is 14.6. The zero-order valence-electron chi connectivity index (χ0n) is 10.7. The Morgan fingerprint density at radius 3 is 2.32 bits per heavy atom. The minimum atomic E-state index is -0.0880. The van der Waals surface area contributed by atoms with E-state index in [0.717, 1.165) is 16.9 Å². The maximum absolute atomic E-state index is 10.9. The van der Waals surface area contributed by atoms with Gasteiger partial charge in [-0.05, 0) is 30.3 Å². The minimum absolute atomic E-state index is 0.0880. The molecular formula is C15H16N2O2. The van der Waals surface area contributed by atoms with E-state index in [4.69, 9.17) is 0 Å². The Hall–Kier alpha value is -2.49. The Balaban J connectivity index is 1.97. The van der Waals surface area contributed by atoms with Gasteiger partial charge in [-0.2, -0.15) is 0 Å². The lowest BCUT2D eigenvalue weighted by Gasteiger charge is -2.09. The maximum atomic E-state index is 10.9. The number of amides is 1. The van der Waals surface area contributed by atoms with Crippen LogP contribution in [0.25, 0.3) is 0 Å². The van der Waals surface area contributed by atoms with Crippen LogP contribution in [0.4, 0.5) is 11.4 Å². The summed E-state index contributed by atoms with van der Waals surface area (Å²) in [6.45, 7) is 2.02. The molecule has 2 aromatic rings. The molecule has 0 fully saturated rings. The van der Waals surface area contributed by atoms with E-state index >= 15 is 0 Å². The largest absolute Gasteiger partial charge is 0.508 e.